The van der Waals surface area contributed by atoms with Crippen LogP contribution in [0.1, 0.15) is 23.5 Å². The van der Waals surface area contributed by atoms with E-state index in [1.54, 1.807) is 29.5 Å². The predicted molar refractivity (Wildman–Crippen MR) is 121 cm³/mol. The van der Waals surface area contributed by atoms with Gasteiger partial charge in [-0.2, -0.15) is 0 Å². The number of likely N-dealkylation sites (tertiary alicyclic amines) is 1. The molecule has 1 fully saturated rings. The van der Waals surface area contributed by atoms with Gasteiger partial charge in [0.25, 0.3) is 0 Å². The van der Waals surface area contributed by atoms with Gasteiger partial charge < -0.3 is 9.47 Å². The largest absolute Gasteiger partial charge is 0.339 e. The number of carbonyl (C=O) groups excluding carboxylic acids is 1. The summed E-state index contributed by atoms with van der Waals surface area (Å²) in [5.41, 5.74) is 1.61. The van der Waals surface area contributed by atoms with E-state index in [0.29, 0.717) is 13.1 Å². The van der Waals surface area contributed by atoms with Crippen molar-refractivity contribution in [2.45, 2.75) is 24.9 Å². The van der Waals surface area contributed by atoms with Crippen LogP contribution in [0.3, 0.4) is 0 Å². The summed E-state index contributed by atoms with van der Waals surface area (Å²) in [6.45, 7) is 3.11. The van der Waals surface area contributed by atoms with Gasteiger partial charge in [-0.1, -0.05) is 18.2 Å². The zero-order valence-corrected chi connectivity index (χ0v) is 18.3. The van der Waals surface area contributed by atoms with Gasteiger partial charge in [0.2, 0.25) is 5.91 Å². The molecule has 5 rings (SSSR count). The molecule has 0 bridgehead atoms. The van der Waals surface area contributed by atoms with Crippen molar-refractivity contribution in [3.8, 4) is 11.3 Å². The lowest BCUT2D eigenvalue weighted by Gasteiger charge is -2.49. The Hall–Kier alpha value is -2.77. The van der Waals surface area contributed by atoms with Crippen LogP contribution >= 0.6 is 11.3 Å². The number of nitrogens with zero attached hydrogens (tertiary/aromatic N) is 4. The molecular weight excluding hydrogens is 411 g/mol. The van der Waals surface area contributed by atoms with Gasteiger partial charge in [-0.15, -0.1) is 11.3 Å². The summed E-state index contributed by atoms with van der Waals surface area (Å²) in [6.07, 6.45) is 7.11. The van der Waals surface area contributed by atoms with Crippen molar-refractivity contribution in [3.63, 3.8) is 0 Å². The van der Waals surface area contributed by atoms with Crippen molar-refractivity contribution < 1.29 is 9.18 Å². The number of rotatable bonds is 3. The van der Waals surface area contributed by atoms with Crippen molar-refractivity contribution in [1.82, 2.24) is 19.4 Å². The third kappa shape index (κ3) is 3.62. The molecule has 0 saturated carbocycles. The van der Waals surface area contributed by atoms with E-state index < -0.39 is 0 Å². The molecule has 2 aliphatic rings. The van der Waals surface area contributed by atoms with Crippen LogP contribution in [0.25, 0.3) is 17.3 Å². The molecule has 0 atom stereocenters. The molecule has 0 unspecified atom stereocenters. The number of imidazole rings is 1. The van der Waals surface area contributed by atoms with Gasteiger partial charge in [-0.3, -0.25) is 9.69 Å². The number of halogens is 1. The Morgan fingerprint density at radius 1 is 1.16 bits per heavy atom. The first kappa shape index (κ1) is 20.2. The minimum Gasteiger partial charge on any atom is -0.339 e. The number of likely N-dealkylation sites (N-methyl/N-ethyl adjacent to an activating group) is 1. The highest BCUT2D eigenvalue weighted by atomic mass is 32.1. The quantitative estimate of drug-likeness (QED) is 0.577. The summed E-state index contributed by atoms with van der Waals surface area (Å²) in [7, 11) is 2.15. The number of amides is 1. The van der Waals surface area contributed by atoms with Crippen LogP contribution in [-0.2, 0) is 16.9 Å². The minimum absolute atomic E-state index is 0.0607. The molecule has 0 N–H and O–H groups in total. The number of benzene rings is 1. The Labute approximate surface area is 185 Å². The number of aromatic nitrogens is 2. The third-order valence-electron chi connectivity index (χ3n) is 6.62. The van der Waals surface area contributed by atoms with E-state index in [-0.39, 0.29) is 17.3 Å². The highest BCUT2D eigenvalue weighted by molar-refractivity contribution is 7.10. The number of hydrogen-bond donors (Lipinski definition) is 0. The normalized spacial score (nSPS) is 18.6. The summed E-state index contributed by atoms with van der Waals surface area (Å²) in [5.74, 6) is 0.852. The number of fused-ring (bicyclic) bond motifs is 2. The van der Waals surface area contributed by atoms with Crippen LogP contribution in [0.2, 0.25) is 0 Å². The first-order valence-corrected chi connectivity index (χ1v) is 11.5. The van der Waals surface area contributed by atoms with Crippen molar-refractivity contribution in [3.05, 3.63) is 70.6 Å². The zero-order chi connectivity index (χ0) is 21.4. The molecule has 1 aromatic carbocycles. The second kappa shape index (κ2) is 8.05. The predicted octanol–water partition coefficient (Wildman–Crippen LogP) is 4.23. The fourth-order valence-electron chi connectivity index (χ4n) is 4.83. The maximum atomic E-state index is 13.8. The Kier molecular flexibility index (Phi) is 5.24. The van der Waals surface area contributed by atoms with Crippen molar-refractivity contribution >= 4 is 23.3 Å². The molecular formula is C24H25FN4OS. The van der Waals surface area contributed by atoms with Gasteiger partial charge in [-0.25, -0.2) is 9.37 Å². The zero-order valence-electron chi connectivity index (χ0n) is 17.5. The molecule has 1 saturated heterocycles. The fraction of sp³-hybridized carbons (Fsp3) is 0.333. The third-order valence-corrected chi connectivity index (χ3v) is 7.46. The van der Waals surface area contributed by atoms with Gasteiger partial charge in [-0.05, 0) is 49.5 Å². The van der Waals surface area contributed by atoms with Gasteiger partial charge >= 0.3 is 0 Å². The topological polar surface area (TPSA) is 41.4 Å². The van der Waals surface area contributed by atoms with Crippen LogP contribution in [-0.4, -0.2) is 51.9 Å². The second-order valence-corrected chi connectivity index (χ2v) is 9.24. The van der Waals surface area contributed by atoms with E-state index in [9.17, 15) is 9.18 Å². The lowest BCUT2D eigenvalue weighted by Crippen LogP contribution is -2.56. The molecule has 3 aromatic rings. The van der Waals surface area contributed by atoms with Crippen LogP contribution < -0.4 is 0 Å². The summed E-state index contributed by atoms with van der Waals surface area (Å²) in [6, 6.07) is 10.7. The Balaban J connectivity index is 1.37. The molecule has 31 heavy (non-hydrogen) atoms. The molecule has 1 spiro atoms. The number of hydrogen-bond acceptors (Lipinski definition) is 4. The van der Waals surface area contributed by atoms with Gasteiger partial charge in [0.1, 0.15) is 11.6 Å². The summed E-state index contributed by atoms with van der Waals surface area (Å²) < 4.78 is 16.0. The summed E-state index contributed by atoms with van der Waals surface area (Å²) in [5, 5.41) is 2.01. The molecule has 2 aliphatic heterocycles. The molecule has 1 amide bonds. The van der Waals surface area contributed by atoms with Crippen LogP contribution in [0.5, 0.6) is 0 Å². The number of piperidine rings is 1. The standard InChI is InChI=1S/C24H25FN4OS/c1-27-13-14-29-21(18-4-2-5-19(25)16-18)17-26-23(29)24(27)9-11-28(12-10-24)22(30)8-7-20-6-3-15-31-20/h2-8,15-17H,9-14H2,1H3/b8-7+. The van der Waals surface area contributed by atoms with Crippen LogP contribution in [0.15, 0.2) is 54.1 Å². The molecule has 0 radical (unpaired) electrons. The fourth-order valence-corrected chi connectivity index (χ4v) is 5.45. The van der Waals surface area contributed by atoms with Crippen LogP contribution in [0.4, 0.5) is 4.39 Å². The molecule has 7 heteroatoms. The van der Waals surface area contributed by atoms with Gasteiger partial charge in [0, 0.05) is 42.7 Å². The SMILES string of the molecule is CN1CCn2c(-c3cccc(F)c3)cnc2C12CCN(C(=O)/C=C/c1cccs1)CC2. The van der Waals surface area contributed by atoms with Gasteiger partial charge in [0.05, 0.1) is 17.4 Å². The lowest BCUT2D eigenvalue weighted by atomic mass is 9.83. The van der Waals surface area contributed by atoms with Gasteiger partial charge in [0.15, 0.2) is 0 Å². The lowest BCUT2D eigenvalue weighted by molar-refractivity contribution is -0.129. The smallest absolute Gasteiger partial charge is 0.246 e. The molecule has 0 aliphatic carbocycles. The van der Waals surface area contributed by atoms with Crippen LogP contribution in [0, 0.1) is 5.82 Å². The Morgan fingerprint density at radius 2 is 2.00 bits per heavy atom. The average Bonchev–Trinajstić information content (AvgIpc) is 3.45. The van der Waals surface area contributed by atoms with E-state index in [1.807, 2.05) is 40.8 Å². The van der Waals surface area contributed by atoms with E-state index in [4.69, 9.17) is 4.98 Å². The van der Waals surface area contributed by atoms with Crippen molar-refractivity contribution in [2.24, 2.45) is 0 Å². The minimum atomic E-state index is -0.238. The van der Waals surface area contributed by atoms with E-state index in [2.05, 4.69) is 16.5 Å². The summed E-state index contributed by atoms with van der Waals surface area (Å²) >= 11 is 1.62. The van der Waals surface area contributed by atoms with E-state index >= 15 is 0 Å². The number of carbonyl (C=O) groups is 1. The van der Waals surface area contributed by atoms with Crippen molar-refractivity contribution in [2.75, 3.05) is 26.7 Å². The van der Waals surface area contributed by atoms with Crippen molar-refractivity contribution in [1.29, 1.82) is 0 Å². The molecule has 4 heterocycles. The first-order chi connectivity index (χ1) is 15.1. The monoisotopic (exact) mass is 436 g/mol. The molecule has 160 valence electrons. The first-order valence-electron chi connectivity index (χ1n) is 10.6. The van der Waals surface area contributed by atoms with E-state index in [0.717, 1.165) is 47.9 Å². The maximum Gasteiger partial charge on any atom is 0.246 e. The number of thiophene rings is 1. The maximum absolute atomic E-state index is 13.8. The average molecular weight is 437 g/mol. The molecule has 2 aromatic heterocycles. The highest BCUT2D eigenvalue weighted by Gasteiger charge is 2.46. The highest BCUT2D eigenvalue weighted by Crippen LogP contribution is 2.41. The second-order valence-electron chi connectivity index (χ2n) is 8.26. The summed E-state index contributed by atoms with van der Waals surface area (Å²) in [4.78, 5) is 22.9. The molecule has 5 nitrogen and oxygen atoms in total. The Morgan fingerprint density at radius 3 is 2.74 bits per heavy atom. The Bertz CT molecular complexity index is 1110. The van der Waals surface area contributed by atoms with E-state index in [1.165, 1.54) is 6.07 Å².